The molecule has 5 nitrogen and oxygen atoms in total. The first-order chi connectivity index (χ1) is 12.4. The van der Waals surface area contributed by atoms with Crippen LogP contribution in [0.25, 0.3) is 6.08 Å². The Bertz CT molecular complexity index is 942. The van der Waals surface area contributed by atoms with Gasteiger partial charge in [0, 0.05) is 10.0 Å². The minimum absolute atomic E-state index is 0.00419. The van der Waals surface area contributed by atoms with Gasteiger partial charge in [0.25, 0.3) is 11.8 Å². The number of nitrogens with one attached hydrogen (secondary N) is 1. The Balaban J connectivity index is 2.00. The van der Waals surface area contributed by atoms with E-state index in [-0.39, 0.29) is 10.7 Å². The summed E-state index contributed by atoms with van der Waals surface area (Å²) in [5, 5.41) is 3.31. The summed E-state index contributed by atoms with van der Waals surface area (Å²) >= 11 is 17.2. The van der Waals surface area contributed by atoms with Crippen LogP contribution in [0.2, 0.25) is 10.0 Å². The Morgan fingerprint density at radius 3 is 2.42 bits per heavy atom. The van der Waals surface area contributed by atoms with Crippen LogP contribution in [0.4, 0.5) is 5.69 Å². The van der Waals surface area contributed by atoms with Crippen molar-refractivity contribution in [1.29, 1.82) is 0 Å². The van der Waals surface area contributed by atoms with Gasteiger partial charge in [-0.1, -0.05) is 29.3 Å². The Morgan fingerprint density at radius 2 is 1.81 bits per heavy atom. The van der Waals surface area contributed by atoms with Crippen molar-refractivity contribution in [3.63, 3.8) is 0 Å². The summed E-state index contributed by atoms with van der Waals surface area (Å²) in [7, 11) is 1.54. The van der Waals surface area contributed by atoms with E-state index in [0.29, 0.717) is 27.0 Å². The first kappa shape index (κ1) is 18.4. The lowest BCUT2D eigenvalue weighted by Gasteiger charge is -2.29. The van der Waals surface area contributed by atoms with Crippen LogP contribution in [0.5, 0.6) is 5.75 Å². The molecule has 1 heterocycles. The third kappa shape index (κ3) is 3.58. The number of methoxy groups -OCH3 is 1. The number of rotatable bonds is 3. The molecule has 0 radical (unpaired) electrons. The van der Waals surface area contributed by atoms with Crippen molar-refractivity contribution >= 4 is 64.1 Å². The fraction of sp³-hybridized carbons (Fsp3) is 0.0556. The van der Waals surface area contributed by atoms with Crippen molar-refractivity contribution in [2.75, 3.05) is 12.0 Å². The van der Waals surface area contributed by atoms with Gasteiger partial charge in [0.2, 0.25) is 0 Å². The number of hydrogen-bond acceptors (Lipinski definition) is 4. The molecule has 26 heavy (non-hydrogen) atoms. The van der Waals surface area contributed by atoms with Crippen LogP contribution < -0.4 is 15.0 Å². The number of amides is 2. The van der Waals surface area contributed by atoms with E-state index in [9.17, 15) is 9.59 Å². The third-order valence-electron chi connectivity index (χ3n) is 3.69. The summed E-state index contributed by atoms with van der Waals surface area (Å²) < 4.78 is 5.11. The highest BCUT2D eigenvalue weighted by atomic mass is 35.5. The lowest BCUT2D eigenvalue weighted by molar-refractivity contribution is -0.122. The maximum Gasteiger partial charge on any atom is 0.270 e. The molecule has 3 rings (SSSR count). The Hall–Kier alpha value is -2.41. The SMILES string of the molecule is COc1ccc(N2C(=O)/C(=C/c3ccc(Cl)cc3Cl)C(=O)NC2=S)cc1. The van der Waals surface area contributed by atoms with E-state index in [1.165, 1.54) is 17.0 Å². The van der Waals surface area contributed by atoms with Gasteiger partial charge >= 0.3 is 0 Å². The largest absolute Gasteiger partial charge is 0.497 e. The summed E-state index contributed by atoms with van der Waals surface area (Å²) in [4.78, 5) is 26.4. The second kappa shape index (κ2) is 7.45. The van der Waals surface area contributed by atoms with E-state index in [0.717, 1.165) is 0 Å². The number of thiocarbonyl (C=S) groups is 1. The van der Waals surface area contributed by atoms with Crippen molar-refractivity contribution in [1.82, 2.24) is 5.32 Å². The maximum atomic E-state index is 12.9. The van der Waals surface area contributed by atoms with Gasteiger partial charge in [-0.05, 0) is 60.3 Å². The predicted molar refractivity (Wildman–Crippen MR) is 106 cm³/mol. The van der Waals surface area contributed by atoms with Gasteiger partial charge in [-0.15, -0.1) is 0 Å². The standard InChI is InChI=1S/C18H12Cl2N2O3S/c1-25-13-6-4-12(5-7-13)22-17(24)14(16(23)21-18(22)26)8-10-2-3-11(19)9-15(10)20/h2-9H,1H3,(H,21,23,26)/b14-8+. The molecule has 1 aliphatic rings. The molecule has 132 valence electrons. The number of ether oxygens (including phenoxy) is 1. The van der Waals surface area contributed by atoms with Crippen LogP contribution in [0, 0.1) is 0 Å². The molecule has 0 saturated carbocycles. The molecule has 0 spiro atoms. The van der Waals surface area contributed by atoms with Crippen molar-refractivity contribution in [2.45, 2.75) is 0 Å². The summed E-state index contributed by atoms with van der Waals surface area (Å²) in [5.41, 5.74) is 0.921. The zero-order valence-electron chi connectivity index (χ0n) is 13.5. The van der Waals surface area contributed by atoms with Gasteiger partial charge in [0.1, 0.15) is 11.3 Å². The fourth-order valence-electron chi connectivity index (χ4n) is 2.40. The summed E-state index contributed by atoms with van der Waals surface area (Å²) in [6.45, 7) is 0. The smallest absolute Gasteiger partial charge is 0.270 e. The number of hydrogen-bond donors (Lipinski definition) is 1. The van der Waals surface area contributed by atoms with Crippen molar-refractivity contribution < 1.29 is 14.3 Å². The number of halogens is 2. The normalized spacial score (nSPS) is 16.0. The second-order valence-corrected chi connectivity index (χ2v) is 6.55. The predicted octanol–water partition coefficient (Wildman–Crippen LogP) is 3.83. The number of nitrogens with zero attached hydrogens (tertiary/aromatic N) is 1. The lowest BCUT2D eigenvalue weighted by atomic mass is 10.1. The molecule has 1 fully saturated rings. The minimum Gasteiger partial charge on any atom is -0.497 e. The van der Waals surface area contributed by atoms with Crippen molar-refractivity contribution in [2.24, 2.45) is 0 Å². The van der Waals surface area contributed by atoms with Crippen molar-refractivity contribution in [3.8, 4) is 5.75 Å². The summed E-state index contributed by atoms with van der Waals surface area (Å²) in [6.07, 6.45) is 1.41. The Morgan fingerprint density at radius 1 is 1.12 bits per heavy atom. The highest BCUT2D eigenvalue weighted by Gasteiger charge is 2.34. The van der Waals surface area contributed by atoms with Gasteiger partial charge in [-0.2, -0.15) is 0 Å². The molecular weight excluding hydrogens is 395 g/mol. The van der Waals surface area contributed by atoms with E-state index in [1.54, 1.807) is 43.5 Å². The van der Waals surface area contributed by atoms with Crippen LogP contribution in [0.15, 0.2) is 48.0 Å². The molecule has 1 aliphatic heterocycles. The zero-order valence-corrected chi connectivity index (χ0v) is 15.8. The molecule has 2 aromatic rings. The molecule has 8 heteroatoms. The summed E-state index contributed by atoms with van der Waals surface area (Å²) in [5.74, 6) is -0.498. The Kier molecular flexibility index (Phi) is 5.27. The molecular formula is C18H12Cl2N2O3S. The lowest BCUT2D eigenvalue weighted by Crippen LogP contribution is -2.54. The number of benzene rings is 2. The fourth-order valence-corrected chi connectivity index (χ4v) is 3.14. The van der Waals surface area contributed by atoms with E-state index in [1.807, 2.05) is 0 Å². The highest BCUT2D eigenvalue weighted by Crippen LogP contribution is 2.27. The number of carbonyl (C=O) groups is 2. The molecule has 0 aromatic heterocycles. The molecule has 2 aromatic carbocycles. The molecule has 1 N–H and O–H groups in total. The van der Waals surface area contributed by atoms with E-state index in [2.05, 4.69) is 5.32 Å². The average Bonchev–Trinajstić information content (AvgIpc) is 2.60. The molecule has 0 unspecified atom stereocenters. The first-order valence-corrected chi connectivity index (χ1v) is 8.57. The summed E-state index contributed by atoms with van der Waals surface area (Å²) in [6, 6.07) is 11.5. The van der Waals surface area contributed by atoms with Gasteiger partial charge in [0.15, 0.2) is 5.11 Å². The van der Waals surface area contributed by atoms with Gasteiger partial charge in [-0.3, -0.25) is 19.8 Å². The van der Waals surface area contributed by atoms with Gasteiger partial charge in [0.05, 0.1) is 12.8 Å². The average molecular weight is 407 g/mol. The van der Waals surface area contributed by atoms with Crippen LogP contribution in [-0.4, -0.2) is 24.0 Å². The molecule has 0 aliphatic carbocycles. The van der Waals surface area contributed by atoms with Crippen LogP contribution >= 0.6 is 35.4 Å². The molecule has 0 bridgehead atoms. The van der Waals surface area contributed by atoms with E-state index < -0.39 is 11.8 Å². The minimum atomic E-state index is -0.587. The zero-order chi connectivity index (χ0) is 18.8. The number of carbonyl (C=O) groups excluding carboxylic acids is 2. The van der Waals surface area contributed by atoms with E-state index in [4.69, 9.17) is 40.2 Å². The first-order valence-electron chi connectivity index (χ1n) is 7.41. The van der Waals surface area contributed by atoms with Gasteiger partial charge < -0.3 is 4.74 Å². The van der Waals surface area contributed by atoms with Crippen LogP contribution in [-0.2, 0) is 9.59 Å². The van der Waals surface area contributed by atoms with E-state index >= 15 is 0 Å². The quantitative estimate of drug-likeness (QED) is 0.477. The maximum absolute atomic E-state index is 12.9. The Labute approximate surface area is 165 Å². The topological polar surface area (TPSA) is 58.6 Å². The monoisotopic (exact) mass is 406 g/mol. The number of anilines is 1. The van der Waals surface area contributed by atoms with Gasteiger partial charge in [-0.25, -0.2) is 0 Å². The molecule has 1 saturated heterocycles. The van der Waals surface area contributed by atoms with Crippen LogP contribution in [0.1, 0.15) is 5.56 Å². The third-order valence-corrected chi connectivity index (χ3v) is 4.54. The molecule has 2 amide bonds. The highest BCUT2D eigenvalue weighted by molar-refractivity contribution is 7.80. The second-order valence-electron chi connectivity index (χ2n) is 5.32. The molecule has 0 atom stereocenters. The van der Waals surface area contributed by atoms with Crippen LogP contribution in [0.3, 0.4) is 0 Å². The van der Waals surface area contributed by atoms with Crippen molar-refractivity contribution in [3.05, 3.63) is 63.6 Å².